The largest absolute Gasteiger partial charge is 0.435 e. The number of amides is 1. The third-order valence-corrected chi connectivity index (χ3v) is 5.35. The van der Waals surface area contributed by atoms with Gasteiger partial charge >= 0.3 is 6.61 Å². The van der Waals surface area contributed by atoms with Crippen LogP contribution in [0.2, 0.25) is 0 Å². The Hall–Kier alpha value is -3.53. The Labute approximate surface area is 171 Å². The van der Waals surface area contributed by atoms with Crippen molar-refractivity contribution in [1.29, 1.82) is 0 Å². The van der Waals surface area contributed by atoms with Gasteiger partial charge in [0.15, 0.2) is 0 Å². The van der Waals surface area contributed by atoms with E-state index in [2.05, 4.69) is 19.8 Å². The highest BCUT2D eigenvalue weighted by Gasteiger charge is 2.22. The third kappa shape index (κ3) is 5.51. The fourth-order valence-electron chi connectivity index (χ4n) is 2.63. The Bertz CT molecular complexity index is 1130. The number of anilines is 1. The van der Waals surface area contributed by atoms with Gasteiger partial charge in [0.05, 0.1) is 17.4 Å². The number of halogens is 2. The van der Waals surface area contributed by atoms with Gasteiger partial charge in [-0.3, -0.25) is 14.5 Å². The summed E-state index contributed by atoms with van der Waals surface area (Å²) in [4.78, 5) is 16.3. The summed E-state index contributed by atoms with van der Waals surface area (Å²) < 4.78 is 56.9. The number of hydrogen-bond donors (Lipinski definition) is 2. The van der Waals surface area contributed by atoms with Gasteiger partial charge in [-0.25, -0.2) is 8.42 Å². The number of carbonyl (C=O) groups is 1. The highest BCUT2D eigenvalue weighted by Crippen LogP contribution is 2.20. The molecule has 1 amide bonds. The molecule has 1 heterocycles. The summed E-state index contributed by atoms with van der Waals surface area (Å²) in [5.41, 5.74) is 0.702. The average molecular weight is 433 g/mol. The number of sulfonamides is 1. The van der Waals surface area contributed by atoms with Crippen LogP contribution in [0.15, 0.2) is 78.0 Å². The first-order chi connectivity index (χ1) is 14.3. The van der Waals surface area contributed by atoms with Crippen LogP contribution in [-0.4, -0.2) is 25.9 Å². The molecule has 0 saturated heterocycles. The lowest BCUT2D eigenvalue weighted by atomic mass is 10.2. The lowest BCUT2D eigenvalue weighted by molar-refractivity contribution is -0.0498. The van der Waals surface area contributed by atoms with Gasteiger partial charge in [-0.15, -0.1) is 0 Å². The molecule has 7 nitrogen and oxygen atoms in total. The Morgan fingerprint density at radius 3 is 2.60 bits per heavy atom. The maximum atomic E-state index is 12.7. The molecule has 1 aromatic heterocycles. The Morgan fingerprint density at radius 2 is 1.87 bits per heavy atom. The zero-order valence-electron chi connectivity index (χ0n) is 15.5. The first-order valence-corrected chi connectivity index (χ1v) is 10.2. The van der Waals surface area contributed by atoms with Gasteiger partial charge in [-0.1, -0.05) is 24.3 Å². The zero-order chi connectivity index (χ0) is 21.6. The van der Waals surface area contributed by atoms with Crippen LogP contribution in [0.1, 0.15) is 15.9 Å². The second kappa shape index (κ2) is 9.31. The molecule has 2 N–H and O–H groups in total. The maximum absolute atomic E-state index is 12.7. The van der Waals surface area contributed by atoms with Crippen LogP contribution in [0.5, 0.6) is 5.75 Å². The number of aromatic nitrogens is 1. The molecule has 0 atom stereocenters. The highest BCUT2D eigenvalue weighted by atomic mass is 32.2. The van der Waals surface area contributed by atoms with Crippen LogP contribution in [0.3, 0.4) is 0 Å². The lowest BCUT2D eigenvalue weighted by Crippen LogP contribution is -2.26. The van der Waals surface area contributed by atoms with E-state index in [1.54, 1.807) is 12.1 Å². The molecule has 0 unspecified atom stereocenters. The number of hydrogen-bond acceptors (Lipinski definition) is 5. The van der Waals surface area contributed by atoms with Crippen LogP contribution in [0.25, 0.3) is 0 Å². The second-order valence-electron chi connectivity index (χ2n) is 6.05. The molecule has 0 bridgehead atoms. The molecular weight excluding hydrogens is 416 g/mol. The first-order valence-electron chi connectivity index (χ1n) is 8.69. The molecule has 10 heteroatoms. The minimum atomic E-state index is -4.05. The van der Waals surface area contributed by atoms with Crippen molar-refractivity contribution >= 4 is 21.6 Å². The zero-order valence-corrected chi connectivity index (χ0v) is 16.3. The van der Waals surface area contributed by atoms with Crippen molar-refractivity contribution in [2.45, 2.75) is 18.1 Å². The van der Waals surface area contributed by atoms with E-state index in [-0.39, 0.29) is 28.4 Å². The second-order valence-corrected chi connectivity index (χ2v) is 7.70. The van der Waals surface area contributed by atoms with Crippen molar-refractivity contribution in [2.24, 2.45) is 0 Å². The quantitative estimate of drug-likeness (QED) is 0.567. The van der Waals surface area contributed by atoms with E-state index < -0.39 is 22.5 Å². The molecule has 2 aromatic carbocycles. The van der Waals surface area contributed by atoms with E-state index in [1.807, 2.05) is 0 Å². The van der Waals surface area contributed by atoms with Crippen molar-refractivity contribution in [3.05, 3.63) is 84.2 Å². The van der Waals surface area contributed by atoms with E-state index >= 15 is 0 Å². The molecule has 0 saturated carbocycles. The summed E-state index contributed by atoms with van der Waals surface area (Å²) in [6.07, 6.45) is 2.84. The highest BCUT2D eigenvalue weighted by molar-refractivity contribution is 7.92. The summed E-state index contributed by atoms with van der Waals surface area (Å²) in [7, 11) is -4.05. The van der Waals surface area contributed by atoms with Gasteiger partial charge < -0.3 is 10.1 Å². The number of ether oxygens (including phenoxy) is 1. The summed E-state index contributed by atoms with van der Waals surface area (Å²) in [6, 6.07) is 14.7. The number of nitrogens with one attached hydrogen (secondary N) is 2. The number of pyridine rings is 1. The molecule has 156 valence electrons. The molecule has 0 aliphatic heterocycles. The third-order valence-electron chi connectivity index (χ3n) is 3.91. The Kier molecular flexibility index (Phi) is 6.58. The van der Waals surface area contributed by atoms with E-state index in [4.69, 9.17) is 0 Å². The molecule has 0 radical (unpaired) electrons. The van der Waals surface area contributed by atoms with Gasteiger partial charge in [0.2, 0.25) is 0 Å². The average Bonchev–Trinajstić information content (AvgIpc) is 2.72. The van der Waals surface area contributed by atoms with Gasteiger partial charge in [0.1, 0.15) is 10.6 Å². The van der Waals surface area contributed by atoms with Crippen molar-refractivity contribution in [3.63, 3.8) is 0 Å². The van der Waals surface area contributed by atoms with Gasteiger partial charge in [0, 0.05) is 12.7 Å². The topological polar surface area (TPSA) is 97.4 Å². The number of nitrogens with zero attached hydrogens (tertiary/aromatic N) is 1. The molecule has 0 aliphatic rings. The van der Waals surface area contributed by atoms with Crippen molar-refractivity contribution in [2.75, 3.05) is 4.72 Å². The monoisotopic (exact) mass is 433 g/mol. The summed E-state index contributed by atoms with van der Waals surface area (Å²) in [5.74, 6) is -0.678. The number of benzene rings is 2. The van der Waals surface area contributed by atoms with Gasteiger partial charge in [-0.2, -0.15) is 8.78 Å². The summed E-state index contributed by atoms with van der Waals surface area (Å²) >= 11 is 0. The number of rotatable bonds is 8. The van der Waals surface area contributed by atoms with Crippen molar-refractivity contribution < 1.29 is 26.7 Å². The minimum absolute atomic E-state index is 0.0102. The molecule has 0 spiro atoms. The first kappa shape index (κ1) is 21.2. The van der Waals surface area contributed by atoms with Crippen molar-refractivity contribution in [3.8, 4) is 5.75 Å². The van der Waals surface area contributed by atoms with Crippen molar-refractivity contribution in [1.82, 2.24) is 10.3 Å². The summed E-state index contributed by atoms with van der Waals surface area (Å²) in [5, 5.41) is 2.59. The van der Waals surface area contributed by atoms with Crippen LogP contribution < -0.4 is 14.8 Å². The lowest BCUT2D eigenvalue weighted by Gasteiger charge is -2.13. The van der Waals surface area contributed by atoms with E-state index in [0.29, 0.717) is 5.56 Å². The fourth-order valence-corrected chi connectivity index (χ4v) is 3.88. The SMILES string of the molecule is O=C(NCc1cccc(OC(F)F)c1)c1ccccc1S(=O)(=O)Nc1cccnc1. The molecular formula is C20H17F2N3O4S. The molecule has 30 heavy (non-hydrogen) atoms. The minimum Gasteiger partial charge on any atom is -0.435 e. The fraction of sp³-hybridized carbons (Fsp3) is 0.100. The molecule has 3 rings (SSSR count). The van der Waals surface area contributed by atoms with Gasteiger partial charge in [-0.05, 0) is 42.0 Å². The molecule has 0 aliphatic carbocycles. The summed E-state index contributed by atoms with van der Waals surface area (Å²) in [6.45, 7) is -2.97. The normalized spacial score (nSPS) is 11.2. The number of carbonyl (C=O) groups excluding carboxylic acids is 1. The predicted octanol–water partition coefficient (Wildman–Crippen LogP) is 3.41. The van der Waals surface area contributed by atoms with E-state index in [9.17, 15) is 22.0 Å². The van der Waals surface area contributed by atoms with E-state index in [1.165, 1.54) is 60.9 Å². The van der Waals surface area contributed by atoms with Crippen LogP contribution in [0.4, 0.5) is 14.5 Å². The maximum Gasteiger partial charge on any atom is 0.387 e. The van der Waals surface area contributed by atoms with Crippen LogP contribution >= 0.6 is 0 Å². The number of alkyl halides is 2. The van der Waals surface area contributed by atoms with Gasteiger partial charge in [0.25, 0.3) is 15.9 Å². The Morgan fingerprint density at radius 1 is 1.07 bits per heavy atom. The van der Waals surface area contributed by atoms with E-state index in [0.717, 1.165) is 0 Å². The molecule has 0 fully saturated rings. The van der Waals surface area contributed by atoms with Crippen LogP contribution in [0, 0.1) is 0 Å². The predicted molar refractivity (Wildman–Crippen MR) is 106 cm³/mol. The smallest absolute Gasteiger partial charge is 0.387 e. The Balaban J connectivity index is 1.76. The van der Waals surface area contributed by atoms with Crippen LogP contribution in [-0.2, 0) is 16.6 Å². The molecule has 3 aromatic rings. The standard InChI is InChI=1S/C20H17F2N3O4S/c21-20(22)29-16-7-3-5-14(11-16)12-24-19(26)17-8-1-2-9-18(17)30(27,28)25-15-6-4-10-23-13-15/h1-11,13,20,25H,12H2,(H,24,26).